The summed E-state index contributed by atoms with van der Waals surface area (Å²) in [6.07, 6.45) is 3.85. The van der Waals surface area contributed by atoms with Crippen molar-refractivity contribution in [2.75, 3.05) is 26.4 Å². The zero-order chi connectivity index (χ0) is 16.4. The fraction of sp³-hybridized carbons (Fsp3) is 0.412. The van der Waals surface area contributed by atoms with Crippen LogP contribution in [0.3, 0.4) is 0 Å². The molecule has 3 heterocycles. The Kier molecular flexibility index (Phi) is 4.18. The molecule has 0 radical (unpaired) electrons. The summed E-state index contributed by atoms with van der Waals surface area (Å²) in [4.78, 5) is 0. The van der Waals surface area contributed by atoms with Crippen LogP contribution in [0.4, 0.5) is 0 Å². The van der Waals surface area contributed by atoms with E-state index in [1.807, 2.05) is 42.2 Å². The van der Waals surface area contributed by atoms with Crippen molar-refractivity contribution in [3.8, 4) is 17.0 Å². The molecule has 0 spiro atoms. The Labute approximate surface area is 139 Å². The number of hydrogen-bond acceptors (Lipinski definition) is 5. The molecule has 1 N–H and O–H groups in total. The molecule has 4 rings (SSSR count). The Morgan fingerprint density at radius 3 is 3.17 bits per heavy atom. The van der Waals surface area contributed by atoms with Gasteiger partial charge >= 0.3 is 0 Å². The molecule has 1 aromatic carbocycles. The quantitative estimate of drug-likeness (QED) is 0.685. The number of nitrogens with zero attached hydrogens (tertiary/aromatic N) is 3. The SMILES string of the molecule is C[C@@H]1COCCn2cc(cn2)-c2n[nH]c3ccc(cc23)OCCO1. The highest BCUT2D eigenvalue weighted by atomic mass is 16.5. The number of aromatic amines is 1. The second kappa shape index (κ2) is 6.62. The lowest BCUT2D eigenvalue weighted by Gasteiger charge is -2.14. The van der Waals surface area contributed by atoms with Crippen LogP contribution in [0.15, 0.2) is 30.6 Å². The molecule has 0 aliphatic carbocycles. The Morgan fingerprint density at radius 2 is 2.21 bits per heavy atom. The van der Waals surface area contributed by atoms with Crippen LogP contribution >= 0.6 is 0 Å². The van der Waals surface area contributed by atoms with Crippen LogP contribution in [0.2, 0.25) is 0 Å². The van der Waals surface area contributed by atoms with Crippen molar-refractivity contribution in [1.82, 2.24) is 20.0 Å². The van der Waals surface area contributed by atoms with Gasteiger partial charge in [0.25, 0.3) is 0 Å². The van der Waals surface area contributed by atoms with Gasteiger partial charge < -0.3 is 14.2 Å². The molecule has 24 heavy (non-hydrogen) atoms. The first-order chi connectivity index (χ1) is 11.8. The van der Waals surface area contributed by atoms with Crippen molar-refractivity contribution in [2.24, 2.45) is 0 Å². The van der Waals surface area contributed by atoms with E-state index in [4.69, 9.17) is 14.2 Å². The summed E-state index contributed by atoms with van der Waals surface area (Å²) in [5.41, 5.74) is 2.82. The van der Waals surface area contributed by atoms with Gasteiger partial charge in [0, 0.05) is 17.1 Å². The molecule has 2 aromatic heterocycles. The third kappa shape index (κ3) is 3.13. The Balaban J connectivity index is 1.68. The number of ether oxygens (including phenoxy) is 3. The zero-order valence-corrected chi connectivity index (χ0v) is 13.6. The summed E-state index contributed by atoms with van der Waals surface area (Å²) in [6, 6.07) is 5.92. The summed E-state index contributed by atoms with van der Waals surface area (Å²) in [7, 11) is 0. The first-order valence-electron chi connectivity index (χ1n) is 8.13. The van der Waals surface area contributed by atoms with Crippen LogP contribution in [0, 0.1) is 0 Å². The predicted molar refractivity (Wildman–Crippen MR) is 89.0 cm³/mol. The molecule has 4 bridgehead atoms. The van der Waals surface area contributed by atoms with E-state index in [1.165, 1.54) is 0 Å². The van der Waals surface area contributed by atoms with E-state index in [1.54, 1.807) is 0 Å². The van der Waals surface area contributed by atoms with Crippen LogP contribution in [-0.2, 0) is 16.0 Å². The number of hydrogen-bond donors (Lipinski definition) is 1. The molecule has 0 fully saturated rings. The number of H-pyrrole nitrogens is 1. The third-order valence-electron chi connectivity index (χ3n) is 4.01. The van der Waals surface area contributed by atoms with Crippen LogP contribution in [0.25, 0.3) is 22.2 Å². The van der Waals surface area contributed by atoms with Gasteiger partial charge in [-0.1, -0.05) is 0 Å². The van der Waals surface area contributed by atoms with Gasteiger partial charge in [-0.05, 0) is 25.1 Å². The van der Waals surface area contributed by atoms with Crippen LogP contribution < -0.4 is 4.74 Å². The summed E-state index contributed by atoms with van der Waals surface area (Å²) in [6.45, 7) is 4.88. The van der Waals surface area contributed by atoms with Crippen molar-refractivity contribution >= 4 is 10.9 Å². The van der Waals surface area contributed by atoms with Crippen molar-refractivity contribution < 1.29 is 14.2 Å². The van der Waals surface area contributed by atoms with Crippen LogP contribution in [0.1, 0.15) is 6.92 Å². The fourth-order valence-electron chi connectivity index (χ4n) is 2.78. The summed E-state index contributed by atoms with van der Waals surface area (Å²) in [5, 5.41) is 12.9. The molecule has 126 valence electrons. The highest BCUT2D eigenvalue weighted by Crippen LogP contribution is 2.29. The fourth-order valence-corrected chi connectivity index (χ4v) is 2.78. The van der Waals surface area contributed by atoms with Gasteiger partial charge in [-0.2, -0.15) is 10.2 Å². The van der Waals surface area contributed by atoms with Crippen molar-refractivity contribution in [3.63, 3.8) is 0 Å². The van der Waals surface area contributed by atoms with Gasteiger partial charge in [-0.3, -0.25) is 9.78 Å². The largest absolute Gasteiger partial charge is 0.491 e. The zero-order valence-electron chi connectivity index (χ0n) is 13.6. The lowest BCUT2D eigenvalue weighted by Crippen LogP contribution is -2.20. The molecule has 0 amide bonds. The highest BCUT2D eigenvalue weighted by molar-refractivity contribution is 5.93. The van der Waals surface area contributed by atoms with Crippen molar-refractivity contribution in [2.45, 2.75) is 19.6 Å². The molecule has 0 unspecified atom stereocenters. The summed E-state index contributed by atoms with van der Waals surface area (Å²) >= 11 is 0. The molecule has 3 aromatic rings. The maximum Gasteiger partial charge on any atom is 0.120 e. The van der Waals surface area contributed by atoms with E-state index < -0.39 is 0 Å². The monoisotopic (exact) mass is 328 g/mol. The van der Waals surface area contributed by atoms with Crippen LogP contribution in [-0.4, -0.2) is 52.5 Å². The molecule has 0 saturated heterocycles. The van der Waals surface area contributed by atoms with E-state index >= 15 is 0 Å². The minimum atomic E-state index is 0.0395. The Bertz CT molecular complexity index is 826. The maximum absolute atomic E-state index is 5.79. The minimum Gasteiger partial charge on any atom is -0.491 e. The molecular formula is C17H20N4O3. The molecule has 7 nitrogen and oxygen atoms in total. The summed E-state index contributed by atoms with van der Waals surface area (Å²) < 4.78 is 19.0. The van der Waals surface area contributed by atoms with E-state index in [9.17, 15) is 0 Å². The molecule has 0 saturated carbocycles. The standard InChI is InChI=1S/C17H20N4O3/c1-12-11-22-5-4-21-10-13(9-18-21)17-15-8-14(24-7-6-23-12)2-3-16(15)19-20-17/h2-3,8-10,12H,4-7,11H2,1H3,(H,19,20)/t12-/m1/s1. The number of benzene rings is 1. The van der Waals surface area contributed by atoms with Gasteiger partial charge in [0.05, 0.1) is 44.2 Å². The lowest BCUT2D eigenvalue weighted by molar-refractivity contribution is -0.0175. The molecule has 1 atom stereocenters. The smallest absolute Gasteiger partial charge is 0.120 e. The lowest BCUT2D eigenvalue weighted by atomic mass is 10.1. The first-order valence-corrected chi connectivity index (χ1v) is 8.13. The summed E-state index contributed by atoms with van der Waals surface area (Å²) in [5.74, 6) is 0.803. The predicted octanol–water partition coefficient (Wildman–Crippen LogP) is 2.24. The van der Waals surface area contributed by atoms with Crippen molar-refractivity contribution in [3.05, 3.63) is 30.6 Å². The number of nitrogens with one attached hydrogen (secondary N) is 1. The van der Waals surface area contributed by atoms with Crippen LogP contribution in [0.5, 0.6) is 5.75 Å². The van der Waals surface area contributed by atoms with Gasteiger partial charge in [-0.25, -0.2) is 0 Å². The average Bonchev–Trinajstić information content (AvgIpc) is 3.21. The van der Waals surface area contributed by atoms with E-state index in [0.717, 1.165) is 27.9 Å². The number of fused-ring (bicyclic) bond motifs is 4. The Morgan fingerprint density at radius 1 is 1.25 bits per heavy atom. The van der Waals surface area contributed by atoms with Gasteiger partial charge in [0.1, 0.15) is 18.1 Å². The molecular weight excluding hydrogens is 308 g/mol. The minimum absolute atomic E-state index is 0.0395. The van der Waals surface area contributed by atoms with E-state index in [2.05, 4.69) is 15.3 Å². The van der Waals surface area contributed by atoms with E-state index in [-0.39, 0.29) is 6.10 Å². The van der Waals surface area contributed by atoms with Gasteiger partial charge in [0.15, 0.2) is 0 Å². The average molecular weight is 328 g/mol. The van der Waals surface area contributed by atoms with E-state index in [0.29, 0.717) is 33.0 Å². The number of aromatic nitrogens is 4. The normalized spacial score (nSPS) is 19.5. The highest BCUT2D eigenvalue weighted by Gasteiger charge is 2.12. The van der Waals surface area contributed by atoms with Gasteiger partial charge in [0.2, 0.25) is 0 Å². The molecule has 1 aliphatic rings. The second-order valence-corrected chi connectivity index (χ2v) is 5.88. The van der Waals surface area contributed by atoms with Crippen molar-refractivity contribution in [1.29, 1.82) is 0 Å². The third-order valence-corrected chi connectivity index (χ3v) is 4.01. The molecule has 7 heteroatoms. The second-order valence-electron chi connectivity index (χ2n) is 5.88. The number of rotatable bonds is 0. The maximum atomic E-state index is 5.79. The van der Waals surface area contributed by atoms with Gasteiger partial charge in [-0.15, -0.1) is 0 Å². The topological polar surface area (TPSA) is 74.2 Å². The molecule has 1 aliphatic heterocycles. The first kappa shape index (κ1) is 15.2. The Hall–Kier alpha value is -2.38.